The molecule has 0 aliphatic carbocycles. The van der Waals surface area contributed by atoms with Gasteiger partial charge in [-0.05, 0) is 49.2 Å². The maximum atomic E-state index is 12.6. The van der Waals surface area contributed by atoms with Crippen molar-refractivity contribution < 1.29 is 14.3 Å². The number of rotatable bonds is 5. The van der Waals surface area contributed by atoms with Crippen LogP contribution in [0.5, 0.6) is 5.75 Å². The van der Waals surface area contributed by atoms with Crippen molar-refractivity contribution in [2.24, 2.45) is 0 Å². The summed E-state index contributed by atoms with van der Waals surface area (Å²) in [5.41, 5.74) is 3.01. The number of methoxy groups -OCH3 is 1. The van der Waals surface area contributed by atoms with Crippen molar-refractivity contribution in [3.05, 3.63) is 58.1 Å². The van der Waals surface area contributed by atoms with Gasteiger partial charge in [-0.15, -0.1) is 0 Å². The van der Waals surface area contributed by atoms with Gasteiger partial charge >= 0.3 is 0 Å². The van der Waals surface area contributed by atoms with Crippen LogP contribution in [0, 0.1) is 13.8 Å². The smallest absolute Gasteiger partial charge is 0.254 e. The average molecular weight is 361 g/mol. The van der Waals surface area contributed by atoms with Crippen molar-refractivity contribution >= 4 is 29.1 Å². The third-order valence-electron chi connectivity index (χ3n) is 4.00. The largest absolute Gasteiger partial charge is 0.495 e. The molecule has 0 unspecified atom stereocenters. The molecule has 2 amide bonds. The zero-order valence-corrected chi connectivity index (χ0v) is 15.5. The summed E-state index contributed by atoms with van der Waals surface area (Å²) in [6.45, 7) is 3.76. The van der Waals surface area contributed by atoms with E-state index in [4.69, 9.17) is 16.3 Å². The first-order chi connectivity index (χ1) is 11.8. The molecule has 25 heavy (non-hydrogen) atoms. The normalized spacial score (nSPS) is 10.3. The number of carbonyl (C=O) groups excluding carboxylic acids is 2. The molecule has 2 aromatic rings. The van der Waals surface area contributed by atoms with Gasteiger partial charge in [0, 0.05) is 17.6 Å². The van der Waals surface area contributed by atoms with Crippen LogP contribution in [0.1, 0.15) is 21.5 Å². The number of likely N-dealkylation sites (N-methyl/N-ethyl adjacent to an activating group) is 1. The van der Waals surface area contributed by atoms with Crippen molar-refractivity contribution in [3.63, 3.8) is 0 Å². The Hall–Kier alpha value is -2.53. The van der Waals surface area contributed by atoms with E-state index < -0.39 is 0 Å². The first-order valence-corrected chi connectivity index (χ1v) is 8.16. The van der Waals surface area contributed by atoms with Crippen molar-refractivity contribution in [1.29, 1.82) is 0 Å². The maximum Gasteiger partial charge on any atom is 0.254 e. The summed E-state index contributed by atoms with van der Waals surface area (Å²) in [5.74, 6) is -0.0302. The van der Waals surface area contributed by atoms with E-state index in [1.165, 1.54) is 12.0 Å². The molecule has 0 aliphatic rings. The highest BCUT2D eigenvalue weighted by molar-refractivity contribution is 6.31. The minimum absolute atomic E-state index is 0.0815. The molecule has 0 saturated heterocycles. The summed E-state index contributed by atoms with van der Waals surface area (Å²) < 4.78 is 5.20. The summed E-state index contributed by atoms with van der Waals surface area (Å²) in [7, 11) is 3.11. The van der Waals surface area contributed by atoms with E-state index in [0.29, 0.717) is 22.0 Å². The van der Waals surface area contributed by atoms with Gasteiger partial charge in [0.25, 0.3) is 5.91 Å². The highest BCUT2D eigenvalue weighted by Gasteiger charge is 2.18. The van der Waals surface area contributed by atoms with Gasteiger partial charge in [-0.3, -0.25) is 9.59 Å². The fourth-order valence-corrected chi connectivity index (χ4v) is 2.62. The van der Waals surface area contributed by atoms with Crippen LogP contribution in [-0.2, 0) is 4.79 Å². The van der Waals surface area contributed by atoms with E-state index >= 15 is 0 Å². The Balaban J connectivity index is 2.09. The van der Waals surface area contributed by atoms with E-state index in [2.05, 4.69) is 5.32 Å². The molecule has 0 bridgehead atoms. The number of nitrogens with zero attached hydrogens (tertiary/aromatic N) is 1. The van der Waals surface area contributed by atoms with Gasteiger partial charge in [0.15, 0.2) is 0 Å². The minimum Gasteiger partial charge on any atom is -0.495 e. The Morgan fingerprint density at radius 2 is 1.92 bits per heavy atom. The molecule has 0 aliphatic heterocycles. The zero-order valence-electron chi connectivity index (χ0n) is 14.7. The molecule has 5 nitrogen and oxygen atoms in total. The lowest BCUT2D eigenvalue weighted by atomic mass is 10.0. The molecule has 0 radical (unpaired) electrons. The van der Waals surface area contributed by atoms with Crippen molar-refractivity contribution in [2.75, 3.05) is 26.0 Å². The summed E-state index contributed by atoms with van der Waals surface area (Å²) in [4.78, 5) is 26.3. The number of amides is 2. The summed E-state index contributed by atoms with van der Waals surface area (Å²) >= 11 is 5.95. The van der Waals surface area contributed by atoms with Crippen LogP contribution in [-0.4, -0.2) is 37.4 Å². The Kier molecular flexibility index (Phi) is 6.04. The van der Waals surface area contributed by atoms with Crippen molar-refractivity contribution in [3.8, 4) is 5.75 Å². The zero-order chi connectivity index (χ0) is 18.6. The Labute approximate surface area is 152 Å². The minimum atomic E-state index is -0.332. The van der Waals surface area contributed by atoms with Gasteiger partial charge in [0.1, 0.15) is 5.75 Å². The highest BCUT2D eigenvalue weighted by atomic mass is 35.5. The average Bonchev–Trinajstić information content (AvgIpc) is 2.56. The molecule has 0 saturated carbocycles. The lowest BCUT2D eigenvalue weighted by molar-refractivity contribution is -0.116. The molecule has 0 spiro atoms. The van der Waals surface area contributed by atoms with Gasteiger partial charge in [-0.1, -0.05) is 23.7 Å². The topological polar surface area (TPSA) is 58.6 Å². The van der Waals surface area contributed by atoms with E-state index in [9.17, 15) is 9.59 Å². The first-order valence-electron chi connectivity index (χ1n) is 7.78. The lowest BCUT2D eigenvalue weighted by Crippen LogP contribution is -2.35. The molecule has 1 N–H and O–H groups in total. The third-order valence-corrected chi connectivity index (χ3v) is 4.23. The molecule has 2 rings (SSSR count). The number of nitrogens with one attached hydrogen (secondary N) is 1. The van der Waals surface area contributed by atoms with Crippen LogP contribution in [0.4, 0.5) is 5.69 Å². The SMILES string of the molecule is COc1ccc(Cl)cc1NC(=O)CN(C)C(=O)c1cccc(C)c1C. The molecular weight excluding hydrogens is 340 g/mol. The monoisotopic (exact) mass is 360 g/mol. The lowest BCUT2D eigenvalue weighted by Gasteiger charge is -2.19. The number of carbonyl (C=O) groups is 2. The molecule has 132 valence electrons. The quantitative estimate of drug-likeness (QED) is 0.884. The third kappa shape index (κ3) is 4.51. The van der Waals surface area contributed by atoms with Gasteiger partial charge in [0.05, 0.1) is 19.3 Å². The fraction of sp³-hybridized carbons (Fsp3) is 0.263. The van der Waals surface area contributed by atoms with E-state index in [1.807, 2.05) is 26.0 Å². The maximum absolute atomic E-state index is 12.6. The Bertz CT molecular complexity index is 805. The van der Waals surface area contributed by atoms with E-state index in [1.54, 1.807) is 31.3 Å². The molecule has 0 heterocycles. The van der Waals surface area contributed by atoms with E-state index in [0.717, 1.165) is 11.1 Å². The van der Waals surface area contributed by atoms with Gasteiger partial charge in [0.2, 0.25) is 5.91 Å². The molecule has 0 aromatic heterocycles. The number of hydrogen-bond donors (Lipinski definition) is 1. The number of anilines is 1. The number of ether oxygens (including phenoxy) is 1. The summed E-state index contributed by atoms with van der Waals surface area (Å²) in [6, 6.07) is 10.5. The summed E-state index contributed by atoms with van der Waals surface area (Å²) in [6.07, 6.45) is 0. The number of hydrogen-bond acceptors (Lipinski definition) is 3. The number of halogens is 1. The second-order valence-corrected chi connectivity index (χ2v) is 6.24. The van der Waals surface area contributed by atoms with Gasteiger partial charge in [-0.2, -0.15) is 0 Å². The number of benzene rings is 2. The van der Waals surface area contributed by atoms with Crippen LogP contribution in [0.2, 0.25) is 5.02 Å². The molecule has 2 aromatic carbocycles. The fourth-order valence-electron chi connectivity index (χ4n) is 2.44. The predicted octanol–water partition coefficient (Wildman–Crippen LogP) is 3.68. The first kappa shape index (κ1) is 18.8. The highest BCUT2D eigenvalue weighted by Crippen LogP contribution is 2.27. The second kappa shape index (κ2) is 8.03. The van der Waals surface area contributed by atoms with Crippen LogP contribution >= 0.6 is 11.6 Å². The predicted molar refractivity (Wildman–Crippen MR) is 99.5 cm³/mol. The Morgan fingerprint density at radius 3 is 2.60 bits per heavy atom. The molecule has 0 fully saturated rings. The molecular formula is C19H21ClN2O3. The second-order valence-electron chi connectivity index (χ2n) is 5.80. The van der Waals surface area contributed by atoms with Crippen LogP contribution < -0.4 is 10.1 Å². The van der Waals surface area contributed by atoms with Crippen LogP contribution in [0.15, 0.2) is 36.4 Å². The summed E-state index contributed by atoms with van der Waals surface area (Å²) in [5, 5.41) is 3.21. The van der Waals surface area contributed by atoms with Gasteiger partial charge in [-0.25, -0.2) is 0 Å². The van der Waals surface area contributed by atoms with Gasteiger partial charge < -0.3 is 15.0 Å². The van der Waals surface area contributed by atoms with Crippen LogP contribution in [0.25, 0.3) is 0 Å². The van der Waals surface area contributed by atoms with E-state index in [-0.39, 0.29) is 18.4 Å². The molecule has 6 heteroatoms. The molecule has 0 atom stereocenters. The van der Waals surface area contributed by atoms with Crippen molar-refractivity contribution in [1.82, 2.24) is 4.90 Å². The Morgan fingerprint density at radius 1 is 1.20 bits per heavy atom. The standard InChI is InChI=1S/C19H21ClN2O3/c1-12-6-5-7-15(13(12)2)19(24)22(3)11-18(23)21-16-10-14(20)8-9-17(16)25-4/h5-10H,11H2,1-4H3,(H,21,23). The van der Waals surface area contributed by atoms with Crippen LogP contribution in [0.3, 0.4) is 0 Å². The number of aryl methyl sites for hydroxylation is 1. The van der Waals surface area contributed by atoms with Crippen molar-refractivity contribution in [2.45, 2.75) is 13.8 Å².